The van der Waals surface area contributed by atoms with E-state index in [1.54, 1.807) is 36.4 Å². The van der Waals surface area contributed by atoms with Crippen molar-refractivity contribution in [3.63, 3.8) is 0 Å². The van der Waals surface area contributed by atoms with E-state index in [2.05, 4.69) is 4.72 Å². The highest BCUT2D eigenvalue weighted by Gasteiger charge is 2.46. The molecular formula is C20H23NO3S. The summed E-state index contributed by atoms with van der Waals surface area (Å²) in [5.74, 6) is 0.00204. The fraction of sp³-hybridized carbons (Fsp3) is 0.350. The van der Waals surface area contributed by atoms with Crippen LogP contribution in [0.1, 0.15) is 42.1 Å². The molecule has 0 saturated heterocycles. The first-order chi connectivity index (χ1) is 11.8. The molecule has 3 rings (SSSR count). The monoisotopic (exact) mass is 357 g/mol. The Labute approximate surface area is 149 Å². The second kappa shape index (κ2) is 6.73. The SMILES string of the molecule is Cc1ccc(S(=O)(=O)N[C@H]2CCC[C@@]2(C)C(=O)c2ccccc2)cc1. The lowest BCUT2D eigenvalue weighted by Gasteiger charge is -2.30. The van der Waals surface area contributed by atoms with Crippen LogP contribution in [-0.2, 0) is 10.0 Å². The summed E-state index contributed by atoms with van der Waals surface area (Å²) < 4.78 is 28.2. The summed E-state index contributed by atoms with van der Waals surface area (Å²) in [7, 11) is -3.65. The number of ketones is 1. The van der Waals surface area contributed by atoms with Crippen molar-refractivity contribution in [2.45, 2.75) is 44.0 Å². The van der Waals surface area contributed by atoms with Gasteiger partial charge in [-0.1, -0.05) is 61.4 Å². The van der Waals surface area contributed by atoms with E-state index >= 15 is 0 Å². The number of rotatable bonds is 5. The summed E-state index contributed by atoms with van der Waals surface area (Å²) in [6, 6.07) is 15.5. The molecule has 2 atom stereocenters. The molecule has 1 N–H and O–H groups in total. The molecule has 132 valence electrons. The van der Waals surface area contributed by atoms with Gasteiger partial charge in [0.25, 0.3) is 0 Å². The number of Topliss-reactive ketones (excluding diaryl/α,β-unsaturated/α-hetero) is 1. The zero-order valence-electron chi connectivity index (χ0n) is 14.5. The quantitative estimate of drug-likeness (QED) is 0.830. The maximum absolute atomic E-state index is 13.0. The molecule has 0 heterocycles. The van der Waals surface area contributed by atoms with E-state index in [1.165, 1.54) is 0 Å². The second-order valence-corrected chi connectivity index (χ2v) is 8.71. The van der Waals surface area contributed by atoms with Crippen LogP contribution in [0.25, 0.3) is 0 Å². The molecule has 25 heavy (non-hydrogen) atoms. The van der Waals surface area contributed by atoms with Gasteiger partial charge in [0.1, 0.15) is 0 Å². The number of sulfonamides is 1. The van der Waals surface area contributed by atoms with Crippen LogP contribution in [0.15, 0.2) is 59.5 Å². The van der Waals surface area contributed by atoms with Crippen LogP contribution in [0.2, 0.25) is 0 Å². The molecule has 1 saturated carbocycles. The molecule has 4 nitrogen and oxygen atoms in total. The van der Waals surface area contributed by atoms with Gasteiger partial charge in [0.2, 0.25) is 10.0 Å². The third-order valence-corrected chi connectivity index (χ3v) is 6.63. The zero-order valence-corrected chi connectivity index (χ0v) is 15.3. The number of hydrogen-bond donors (Lipinski definition) is 1. The molecule has 0 unspecified atom stereocenters. The van der Waals surface area contributed by atoms with E-state index in [9.17, 15) is 13.2 Å². The van der Waals surface area contributed by atoms with Crippen LogP contribution >= 0.6 is 0 Å². The van der Waals surface area contributed by atoms with Crippen molar-refractivity contribution < 1.29 is 13.2 Å². The highest BCUT2D eigenvalue weighted by Crippen LogP contribution is 2.41. The molecule has 0 aromatic heterocycles. The molecule has 0 amide bonds. The van der Waals surface area contributed by atoms with Crippen LogP contribution in [0, 0.1) is 12.3 Å². The van der Waals surface area contributed by atoms with Gasteiger partial charge in [-0.3, -0.25) is 4.79 Å². The van der Waals surface area contributed by atoms with E-state index in [0.29, 0.717) is 18.4 Å². The Balaban J connectivity index is 1.86. The molecule has 2 aromatic carbocycles. The van der Waals surface area contributed by atoms with Crippen molar-refractivity contribution in [3.05, 3.63) is 65.7 Å². The highest BCUT2D eigenvalue weighted by molar-refractivity contribution is 7.89. The van der Waals surface area contributed by atoms with Crippen molar-refractivity contribution >= 4 is 15.8 Å². The van der Waals surface area contributed by atoms with Crippen LogP contribution in [0.4, 0.5) is 0 Å². The van der Waals surface area contributed by atoms with Gasteiger partial charge in [-0.05, 0) is 31.9 Å². The number of nitrogens with one attached hydrogen (secondary N) is 1. The highest BCUT2D eigenvalue weighted by atomic mass is 32.2. The Morgan fingerprint density at radius 1 is 1.08 bits per heavy atom. The van der Waals surface area contributed by atoms with Crippen LogP contribution in [-0.4, -0.2) is 20.2 Å². The molecule has 1 aliphatic rings. The third-order valence-electron chi connectivity index (χ3n) is 5.14. The fourth-order valence-electron chi connectivity index (χ4n) is 3.52. The minimum atomic E-state index is -3.65. The fourth-order valence-corrected chi connectivity index (χ4v) is 4.90. The number of carbonyl (C=O) groups is 1. The van der Waals surface area contributed by atoms with E-state index in [0.717, 1.165) is 12.0 Å². The van der Waals surface area contributed by atoms with Crippen molar-refractivity contribution in [3.8, 4) is 0 Å². The molecule has 1 fully saturated rings. The average Bonchev–Trinajstić information content (AvgIpc) is 2.96. The van der Waals surface area contributed by atoms with Gasteiger partial charge < -0.3 is 0 Å². The summed E-state index contributed by atoms with van der Waals surface area (Å²) in [4.78, 5) is 13.2. The van der Waals surface area contributed by atoms with E-state index in [-0.39, 0.29) is 10.7 Å². The summed E-state index contributed by atoms with van der Waals surface area (Å²) in [6.07, 6.45) is 2.18. The summed E-state index contributed by atoms with van der Waals surface area (Å²) >= 11 is 0. The van der Waals surface area contributed by atoms with Crippen molar-refractivity contribution in [2.24, 2.45) is 5.41 Å². The minimum absolute atomic E-state index is 0.00204. The Morgan fingerprint density at radius 3 is 2.36 bits per heavy atom. The topological polar surface area (TPSA) is 63.2 Å². The number of benzene rings is 2. The molecule has 5 heteroatoms. The lowest BCUT2D eigenvalue weighted by molar-refractivity contribution is 0.0795. The molecule has 0 spiro atoms. The summed E-state index contributed by atoms with van der Waals surface area (Å²) in [5, 5.41) is 0. The largest absolute Gasteiger partial charge is 0.294 e. The van der Waals surface area contributed by atoms with Crippen LogP contribution in [0.5, 0.6) is 0 Å². The smallest absolute Gasteiger partial charge is 0.240 e. The van der Waals surface area contributed by atoms with E-state index in [4.69, 9.17) is 0 Å². The first kappa shape index (κ1) is 17.8. The normalized spacial score (nSPS) is 23.5. The van der Waals surface area contributed by atoms with Gasteiger partial charge in [0.05, 0.1) is 4.90 Å². The second-order valence-electron chi connectivity index (χ2n) is 6.99. The Hall–Kier alpha value is -1.98. The lowest BCUT2D eigenvalue weighted by atomic mass is 9.78. The molecule has 0 radical (unpaired) electrons. The molecule has 1 aliphatic carbocycles. The summed E-state index contributed by atoms with van der Waals surface area (Å²) in [5.41, 5.74) is 0.911. The standard InChI is InChI=1S/C20H23NO3S/c1-15-10-12-17(13-11-15)25(23,24)21-18-9-6-14-20(18,2)19(22)16-7-4-3-5-8-16/h3-5,7-8,10-13,18,21H,6,9,14H2,1-2H3/t18-,20+/m0/s1. The molecule has 0 aliphatic heterocycles. The van der Waals surface area contributed by atoms with E-state index in [1.807, 2.05) is 32.0 Å². The van der Waals surface area contributed by atoms with Gasteiger partial charge in [-0.2, -0.15) is 0 Å². The van der Waals surface area contributed by atoms with Gasteiger partial charge in [-0.15, -0.1) is 0 Å². The lowest BCUT2D eigenvalue weighted by Crippen LogP contribution is -2.47. The first-order valence-electron chi connectivity index (χ1n) is 8.52. The van der Waals surface area contributed by atoms with Gasteiger partial charge in [-0.25, -0.2) is 13.1 Å². The molecule has 0 bridgehead atoms. The van der Waals surface area contributed by atoms with Crippen molar-refractivity contribution in [1.82, 2.24) is 4.72 Å². The van der Waals surface area contributed by atoms with Crippen LogP contribution < -0.4 is 4.72 Å². The van der Waals surface area contributed by atoms with Crippen molar-refractivity contribution in [2.75, 3.05) is 0 Å². The number of aryl methyl sites for hydroxylation is 1. The predicted octanol–water partition coefficient (Wildman–Crippen LogP) is 3.72. The zero-order chi connectivity index (χ0) is 18.1. The average molecular weight is 357 g/mol. The van der Waals surface area contributed by atoms with Gasteiger partial charge in [0.15, 0.2) is 5.78 Å². The predicted molar refractivity (Wildman–Crippen MR) is 98.0 cm³/mol. The summed E-state index contributed by atoms with van der Waals surface area (Å²) in [6.45, 7) is 3.79. The van der Waals surface area contributed by atoms with Crippen molar-refractivity contribution in [1.29, 1.82) is 0 Å². The number of carbonyl (C=O) groups excluding carboxylic acids is 1. The maximum atomic E-state index is 13.0. The maximum Gasteiger partial charge on any atom is 0.240 e. The van der Waals surface area contributed by atoms with Gasteiger partial charge >= 0.3 is 0 Å². The first-order valence-corrected chi connectivity index (χ1v) is 10.0. The van der Waals surface area contributed by atoms with Crippen LogP contribution in [0.3, 0.4) is 0 Å². The minimum Gasteiger partial charge on any atom is -0.294 e. The molecular weight excluding hydrogens is 334 g/mol. The molecule has 2 aromatic rings. The Morgan fingerprint density at radius 2 is 1.72 bits per heavy atom. The Kier molecular flexibility index (Phi) is 4.80. The van der Waals surface area contributed by atoms with Gasteiger partial charge in [0, 0.05) is 17.0 Å². The Bertz CT molecular complexity index is 860. The van der Waals surface area contributed by atoms with E-state index < -0.39 is 21.5 Å². The number of hydrogen-bond acceptors (Lipinski definition) is 3. The third kappa shape index (κ3) is 3.53.